The van der Waals surface area contributed by atoms with Crippen LogP contribution < -0.4 is 5.32 Å². The summed E-state index contributed by atoms with van der Waals surface area (Å²) in [4.78, 5) is 0. The topological polar surface area (TPSA) is 46.2 Å². The first-order valence-electron chi connectivity index (χ1n) is 5.51. The van der Waals surface area contributed by atoms with Crippen molar-refractivity contribution in [1.82, 2.24) is 0 Å². The molecule has 1 aliphatic rings. The van der Waals surface area contributed by atoms with E-state index < -0.39 is 21.6 Å². The fourth-order valence-electron chi connectivity index (χ4n) is 1.94. The van der Waals surface area contributed by atoms with Gasteiger partial charge in [0.15, 0.2) is 9.84 Å². The van der Waals surface area contributed by atoms with Crippen molar-refractivity contribution in [3.05, 3.63) is 28.8 Å². The summed E-state index contributed by atoms with van der Waals surface area (Å²) in [5.41, 5.74) is -0.515. The highest BCUT2D eigenvalue weighted by atomic mass is 35.5. The number of sulfone groups is 1. The smallest absolute Gasteiger partial charge is 0.380 e. The van der Waals surface area contributed by atoms with E-state index >= 15 is 0 Å². The van der Waals surface area contributed by atoms with E-state index in [1.165, 1.54) is 6.07 Å². The maximum absolute atomic E-state index is 12.4. The summed E-state index contributed by atoms with van der Waals surface area (Å²) >= 11 is 5.77. The number of hydrogen-bond donors (Lipinski definition) is 1. The van der Waals surface area contributed by atoms with Crippen LogP contribution in [0.1, 0.15) is 12.0 Å². The first-order valence-corrected chi connectivity index (χ1v) is 7.71. The highest BCUT2D eigenvalue weighted by Gasteiger charge is 2.32. The van der Waals surface area contributed by atoms with Crippen LogP contribution in [-0.2, 0) is 16.0 Å². The molecule has 1 N–H and O–H groups in total. The average Bonchev–Trinajstić information content (AvgIpc) is 2.59. The predicted octanol–water partition coefficient (Wildman–Crippen LogP) is 2.96. The molecule has 0 saturated carbocycles. The van der Waals surface area contributed by atoms with Gasteiger partial charge in [0.25, 0.3) is 0 Å². The molecule has 1 aromatic carbocycles. The van der Waals surface area contributed by atoms with Crippen LogP contribution in [0.5, 0.6) is 0 Å². The van der Waals surface area contributed by atoms with E-state index in [1.54, 1.807) is 0 Å². The first-order chi connectivity index (χ1) is 8.67. The van der Waals surface area contributed by atoms with Crippen LogP contribution in [0.15, 0.2) is 18.2 Å². The molecule has 2 rings (SSSR count). The first kappa shape index (κ1) is 14.5. The summed E-state index contributed by atoms with van der Waals surface area (Å²) < 4.78 is 59.9. The van der Waals surface area contributed by atoms with E-state index in [4.69, 9.17) is 11.6 Å². The fraction of sp³-hybridized carbons (Fsp3) is 0.455. The van der Waals surface area contributed by atoms with Crippen LogP contribution in [0.25, 0.3) is 0 Å². The standard InChI is InChI=1S/C11H11ClF3NO2S/c12-9-5-7(11(13,14)15)1-2-10(9)16-8-3-4-19(17,18)6-8/h1-2,5,8,16H,3-4,6H2. The van der Waals surface area contributed by atoms with Gasteiger partial charge < -0.3 is 5.32 Å². The van der Waals surface area contributed by atoms with Crippen molar-refractivity contribution < 1.29 is 21.6 Å². The second-order valence-corrected chi connectivity index (χ2v) is 7.07. The molecule has 0 spiro atoms. The van der Waals surface area contributed by atoms with E-state index in [0.717, 1.165) is 12.1 Å². The third-order valence-electron chi connectivity index (χ3n) is 2.89. The molecule has 0 amide bonds. The molecule has 1 atom stereocenters. The molecule has 8 heteroatoms. The van der Waals surface area contributed by atoms with Crippen LogP contribution in [0.4, 0.5) is 18.9 Å². The number of anilines is 1. The zero-order valence-corrected chi connectivity index (χ0v) is 11.2. The van der Waals surface area contributed by atoms with Gasteiger partial charge in [0.05, 0.1) is 27.8 Å². The second kappa shape index (κ2) is 4.86. The molecule has 0 aliphatic carbocycles. The van der Waals surface area contributed by atoms with Gasteiger partial charge >= 0.3 is 6.18 Å². The van der Waals surface area contributed by atoms with Crippen molar-refractivity contribution >= 4 is 27.1 Å². The molecule has 19 heavy (non-hydrogen) atoms. The highest BCUT2D eigenvalue weighted by Crippen LogP contribution is 2.34. The van der Waals surface area contributed by atoms with Gasteiger partial charge in [0.2, 0.25) is 0 Å². The largest absolute Gasteiger partial charge is 0.416 e. The number of benzene rings is 1. The van der Waals surface area contributed by atoms with Crippen molar-refractivity contribution in [1.29, 1.82) is 0 Å². The molecule has 0 bridgehead atoms. The summed E-state index contributed by atoms with van der Waals surface area (Å²) in [5, 5.41) is 2.79. The van der Waals surface area contributed by atoms with Crippen molar-refractivity contribution in [2.24, 2.45) is 0 Å². The van der Waals surface area contributed by atoms with Gasteiger partial charge in [-0.05, 0) is 24.6 Å². The zero-order valence-electron chi connectivity index (χ0n) is 9.67. The number of nitrogens with one attached hydrogen (secondary N) is 1. The Bertz CT molecular complexity index is 586. The summed E-state index contributed by atoms with van der Waals surface area (Å²) in [6, 6.07) is 2.65. The van der Waals surface area contributed by atoms with Crippen LogP contribution in [0.2, 0.25) is 5.02 Å². The molecular formula is C11H11ClF3NO2S. The van der Waals surface area contributed by atoms with E-state index in [1.807, 2.05) is 0 Å². The normalized spacial score (nSPS) is 22.4. The number of halogens is 4. The third kappa shape index (κ3) is 3.54. The van der Waals surface area contributed by atoms with Crippen LogP contribution in [0, 0.1) is 0 Å². The van der Waals surface area contributed by atoms with E-state index in [0.29, 0.717) is 12.1 Å². The van der Waals surface area contributed by atoms with Crippen molar-refractivity contribution in [2.45, 2.75) is 18.6 Å². The zero-order chi connectivity index (χ0) is 14.3. The van der Waals surface area contributed by atoms with Gasteiger partial charge in [-0.25, -0.2) is 8.42 Å². The van der Waals surface area contributed by atoms with Crippen molar-refractivity contribution in [3.8, 4) is 0 Å². The molecule has 1 saturated heterocycles. The highest BCUT2D eigenvalue weighted by molar-refractivity contribution is 7.91. The molecule has 1 aliphatic heterocycles. The monoisotopic (exact) mass is 313 g/mol. The average molecular weight is 314 g/mol. The van der Waals surface area contributed by atoms with Crippen molar-refractivity contribution in [2.75, 3.05) is 16.8 Å². The minimum absolute atomic E-state index is 0.0235. The maximum atomic E-state index is 12.4. The van der Waals surface area contributed by atoms with Gasteiger partial charge in [-0.2, -0.15) is 13.2 Å². The Morgan fingerprint density at radius 2 is 2.00 bits per heavy atom. The van der Waals surface area contributed by atoms with Crippen LogP contribution in [0.3, 0.4) is 0 Å². The lowest BCUT2D eigenvalue weighted by atomic mass is 10.1. The summed E-state index contributed by atoms with van der Waals surface area (Å²) in [6.45, 7) is 0. The van der Waals surface area contributed by atoms with Crippen molar-refractivity contribution in [3.63, 3.8) is 0 Å². The molecule has 1 heterocycles. The van der Waals surface area contributed by atoms with E-state index in [9.17, 15) is 21.6 Å². The van der Waals surface area contributed by atoms with Gasteiger partial charge in [-0.3, -0.25) is 0 Å². The summed E-state index contributed by atoms with van der Waals surface area (Å²) in [5.74, 6) is 0.0628. The minimum Gasteiger partial charge on any atom is -0.380 e. The van der Waals surface area contributed by atoms with Gasteiger partial charge in [0.1, 0.15) is 0 Å². The van der Waals surface area contributed by atoms with E-state index in [2.05, 4.69) is 5.32 Å². The maximum Gasteiger partial charge on any atom is 0.416 e. The molecule has 3 nitrogen and oxygen atoms in total. The Morgan fingerprint density at radius 3 is 2.47 bits per heavy atom. The Morgan fingerprint density at radius 1 is 1.32 bits per heavy atom. The Kier molecular flexibility index (Phi) is 3.70. The fourth-order valence-corrected chi connectivity index (χ4v) is 3.85. The summed E-state index contributed by atoms with van der Waals surface area (Å²) in [6.07, 6.45) is -4.02. The molecular weight excluding hydrogens is 303 g/mol. The third-order valence-corrected chi connectivity index (χ3v) is 4.97. The Balaban J connectivity index is 2.15. The SMILES string of the molecule is O=S1(=O)CCC(Nc2ccc(C(F)(F)F)cc2Cl)C1. The van der Waals surface area contributed by atoms with Gasteiger partial charge in [-0.1, -0.05) is 11.6 Å². The summed E-state index contributed by atoms with van der Waals surface area (Å²) in [7, 11) is -3.05. The molecule has 1 unspecified atom stereocenters. The quantitative estimate of drug-likeness (QED) is 0.913. The molecule has 0 aromatic heterocycles. The van der Waals surface area contributed by atoms with E-state index in [-0.39, 0.29) is 22.6 Å². The molecule has 0 radical (unpaired) electrons. The molecule has 1 aromatic rings. The number of alkyl halides is 3. The Labute approximate surface area is 113 Å². The number of rotatable bonds is 2. The predicted molar refractivity (Wildman–Crippen MR) is 67.1 cm³/mol. The van der Waals surface area contributed by atoms with Crippen LogP contribution in [-0.4, -0.2) is 26.0 Å². The lowest BCUT2D eigenvalue weighted by Crippen LogP contribution is -2.20. The van der Waals surface area contributed by atoms with Crippen LogP contribution >= 0.6 is 11.6 Å². The second-order valence-electron chi connectivity index (χ2n) is 4.44. The molecule has 1 fully saturated rings. The lowest BCUT2D eigenvalue weighted by molar-refractivity contribution is -0.137. The van der Waals surface area contributed by atoms with Gasteiger partial charge in [-0.15, -0.1) is 0 Å². The number of hydrogen-bond acceptors (Lipinski definition) is 3. The lowest BCUT2D eigenvalue weighted by Gasteiger charge is -2.15. The minimum atomic E-state index is -4.45. The van der Waals surface area contributed by atoms with Gasteiger partial charge in [0, 0.05) is 6.04 Å². The molecule has 106 valence electrons. The Hall–Kier alpha value is -0.950.